The van der Waals surface area contributed by atoms with Gasteiger partial charge in [-0.15, -0.1) is 12.4 Å². The maximum absolute atomic E-state index is 12.1. The Labute approximate surface area is 138 Å². The number of hydrogen-bond acceptors (Lipinski definition) is 3. The number of benzene rings is 1. The highest BCUT2D eigenvalue weighted by Gasteiger charge is 2.11. The first-order valence-corrected chi connectivity index (χ1v) is 7.30. The number of carbonyl (C=O) groups is 2. The standard InChI is InChI=1S/C16H25N3O2.ClH/c1-11(2)18-16(21)14-10-13(8-7-12(14)3)19-15(20)6-5-9-17-4;/h7-8,10-11,17H,5-6,9H2,1-4H3,(H,18,21)(H,19,20);1H. The van der Waals surface area contributed by atoms with Gasteiger partial charge in [-0.3, -0.25) is 9.59 Å². The van der Waals surface area contributed by atoms with Crippen LogP contribution in [0.5, 0.6) is 0 Å². The summed E-state index contributed by atoms with van der Waals surface area (Å²) in [6.07, 6.45) is 1.25. The molecular weight excluding hydrogens is 302 g/mol. The molecule has 1 rings (SSSR count). The van der Waals surface area contributed by atoms with Crippen molar-refractivity contribution in [1.82, 2.24) is 10.6 Å². The van der Waals surface area contributed by atoms with E-state index in [0.29, 0.717) is 17.7 Å². The number of anilines is 1. The molecule has 6 heteroatoms. The van der Waals surface area contributed by atoms with Crippen molar-refractivity contribution >= 4 is 29.9 Å². The van der Waals surface area contributed by atoms with Gasteiger partial charge < -0.3 is 16.0 Å². The van der Waals surface area contributed by atoms with Crippen LogP contribution in [0.15, 0.2) is 18.2 Å². The van der Waals surface area contributed by atoms with Crippen LogP contribution in [0.3, 0.4) is 0 Å². The van der Waals surface area contributed by atoms with E-state index in [1.54, 1.807) is 6.07 Å². The van der Waals surface area contributed by atoms with Crippen molar-refractivity contribution in [2.24, 2.45) is 0 Å². The average molecular weight is 328 g/mol. The lowest BCUT2D eigenvalue weighted by Gasteiger charge is -2.12. The van der Waals surface area contributed by atoms with Crippen LogP contribution >= 0.6 is 12.4 Å². The van der Waals surface area contributed by atoms with Gasteiger partial charge in [0, 0.05) is 23.7 Å². The SMILES string of the molecule is CNCCCC(=O)Nc1ccc(C)c(C(=O)NC(C)C)c1.Cl. The summed E-state index contributed by atoms with van der Waals surface area (Å²) in [5.74, 6) is -0.155. The van der Waals surface area contributed by atoms with Crippen LogP contribution in [0.4, 0.5) is 5.69 Å². The molecule has 124 valence electrons. The monoisotopic (exact) mass is 327 g/mol. The van der Waals surface area contributed by atoms with Crippen LogP contribution in [0.25, 0.3) is 0 Å². The van der Waals surface area contributed by atoms with Crippen molar-refractivity contribution < 1.29 is 9.59 Å². The van der Waals surface area contributed by atoms with Crippen molar-refractivity contribution in [2.75, 3.05) is 18.9 Å². The third-order valence-corrected chi connectivity index (χ3v) is 3.02. The maximum atomic E-state index is 12.1. The lowest BCUT2D eigenvalue weighted by molar-refractivity contribution is -0.116. The summed E-state index contributed by atoms with van der Waals surface area (Å²) in [6, 6.07) is 5.47. The van der Waals surface area contributed by atoms with Gasteiger partial charge in [-0.05, 0) is 58.5 Å². The highest BCUT2D eigenvalue weighted by atomic mass is 35.5. The van der Waals surface area contributed by atoms with Crippen molar-refractivity contribution in [3.8, 4) is 0 Å². The van der Waals surface area contributed by atoms with E-state index < -0.39 is 0 Å². The van der Waals surface area contributed by atoms with Crippen molar-refractivity contribution in [1.29, 1.82) is 0 Å². The van der Waals surface area contributed by atoms with E-state index in [1.807, 2.05) is 40.0 Å². The number of nitrogens with one attached hydrogen (secondary N) is 3. The highest BCUT2D eigenvalue weighted by molar-refractivity contribution is 5.98. The number of rotatable bonds is 7. The first kappa shape index (κ1) is 20.4. The summed E-state index contributed by atoms with van der Waals surface area (Å²) < 4.78 is 0. The molecular formula is C16H26ClN3O2. The topological polar surface area (TPSA) is 70.2 Å². The van der Waals surface area contributed by atoms with Crippen LogP contribution in [-0.4, -0.2) is 31.4 Å². The summed E-state index contributed by atoms with van der Waals surface area (Å²) in [5, 5.41) is 8.70. The number of amides is 2. The molecule has 2 amide bonds. The Hall–Kier alpha value is -1.59. The smallest absolute Gasteiger partial charge is 0.251 e. The first-order chi connectivity index (χ1) is 9.93. The number of halogens is 1. The van der Waals surface area contributed by atoms with Gasteiger partial charge in [0.25, 0.3) is 5.91 Å². The van der Waals surface area contributed by atoms with Gasteiger partial charge in [0.2, 0.25) is 5.91 Å². The fourth-order valence-electron chi connectivity index (χ4n) is 1.93. The minimum atomic E-state index is -0.117. The lowest BCUT2D eigenvalue weighted by Crippen LogP contribution is -2.30. The fraction of sp³-hybridized carbons (Fsp3) is 0.500. The van der Waals surface area contributed by atoms with E-state index in [-0.39, 0.29) is 30.3 Å². The molecule has 0 fully saturated rings. The molecule has 0 aliphatic heterocycles. The third kappa shape index (κ3) is 6.91. The van der Waals surface area contributed by atoms with Gasteiger partial charge >= 0.3 is 0 Å². The molecule has 0 unspecified atom stereocenters. The molecule has 0 saturated heterocycles. The molecule has 5 nitrogen and oxygen atoms in total. The molecule has 0 aromatic heterocycles. The number of hydrogen-bond donors (Lipinski definition) is 3. The Balaban J connectivity index is 0.00000441. The quantitative estimate of drug-likeness (QED) is 0.674. The summed E-state index contributed by atoms with van der Waals surface area (Å²) in [6.45, 7) is 6.53. The summed E-state index contributed by atoms with van der Waals surface area (Å²) >= 11 is 0. The van der Waals surface area contributed by atoms with Crippen molar-refractivity contribution in [2.45, 2.75) is 39.7 Å². The summed E-state index contributed by atoms with van der Waals surface area (Å²) in [7, 11) is 1.86. The third-order valence-electron chi connectivity index (χ3n) is 3.02. The van der Waals surface area contributed by atoms with Crippen LogP contribution in [0, 0.1) is 6.92 Å². The van der Waals surface area contributed by atoms with Crippen molar-refractivity contribution in [3.63, 3.8) is 0 Å². The normalized spacial score (nSPS) is 10.0. The molecule has 1 aromatic rings. The zero-order valence-electron chi connectivity index (χ0n) is 13.7. The molecule has 0 atom stereocenters. The van der Waals surface area contributed by atoms with E-state index in [9.17, 15) is 9.59 Å². The molecule has 1 aromatic carbocycles. The van der Waals surface area contributed by atoms with Crippen LogP contribution in [-0.2, 0) is 4.79 Å². The molecule has 0 saturated carbocycles. The molecule has 0 aliphatic carbocycles. The van der Waals surface area contributed by atoms with Gasteiger partial charge in [0.15, 0.2) is 0 Å². The Morgan fingerprint density at radius 2 is 1.91 bits per heavy atom. The second-order valence-corrected chi connectivity index (χ2v) is 5.41. The Bertz CT molecular complexity index is 504. The zero-order chi connectivity index (χ0) is 15.8. The largest absolute Gasteiger partial charge is 0.350 e. The first-order valence-electron chi connectivity index (χ1n) is 7.30. The predicted molar refractivity (Wildman–Crippen MR) is 92.8 cm³/mol. The van der Waals surface area contributed by atoms with Gasteiger partial charge in [0.05, 0.1) is 0 Å². The van der Waals surface area contributed by atoms with E-state index in [0.717, 1.165) is 18.5 Å². The highest BCUT2D eigenvalue weighted by Crippen LogP contribution is 2.16. The van der Waals surface area contributed by atoms with Gasteiger partial charge in [-0.25, -0.2) is 0 Å². The van der Waals surface area contributed by atoms with Crippen LogP contribution in [0.1, 0.15) is 42.6 Å². The zero-order valence-corrected chi connectivity index (χ0v) is 14.5. The molecule has 22 heavy (non-hydrogen) atoms. The maximum Gasteiger partial charge on any atom is 0.251 e. The average Bonchev–Trinajstić information content (AvgIpc) is 2.40. The van der Waals surface area contributed by atoms with E-state index >= 15 is 0 Å². The second kappa shape index (κ2) is 10.2. The Morgan fingerprint density at radius 3 is 2.50 bits per heavy atom. The minimum absolute atomic E-state index is 0. The van der Waals surface area contributed by atoms with Gasteiger partial charge in [-0.1, -0.05) is 6.07 Å². The molecule has 0 heterocycles. The Kier molecular flexibility index (Phi) is 9.45. The molecule has 3 N–H and O–H groups in total. The summed E-state index contributed by atoms with van der Waals surface area (Å²) in [5.41, 5.74) is 2.14. The molecule has 0 aliphatic rings. The lowest BCUT2D eigenvalue weighted by atomic mass is 10.1. The van der Waals surface area contributed by atoms with Crippen LogP contribution in [0.2, 0.25) is 0 Å². The number of carbonyl (C=O) groups excluding carboxylic acids is 2. The van der Waals surface area contributed by atoms with Gasteiger partial charge in [-0.2, -0.15) is 0 Å². The van der Waals surface area contributed by atoms with Crippen molar-refractivity contribution in [3.05, 3.63) is 29.3 Å². The second-order valence-electron chi connectivity index (χ2n) is 5.41. The van der Waals surface area contributed by atoms with E-state index in [2.05, 4.69) is 16.0 Å². The fourth-order valence-corrected chi connectivity index (χ4v) is 1.93. The molecule has 0 radical (unpaired) electrons. The van der Waals surface area contributed by atoms with E-state index in [4.69, 9.17) is 0 Å². The summed E-state index contributed by atoms with van der Waals surface area (Å²) in [4.78, 5) is 23.9. The minimum Gasteiger partial charge on any atom is -0.350 e. The van der Waals surface area contributed by atoms with Crippen LogP contribution < -0.4 is 16.0 Å². The Morgan fingerprint density at radius 1 is 1.23 bits per heavy atom. The number of aryl methyl sites for hydroxylation is 1. The van der Waals surface area contributed by atoms with Gasteiger partial charge in [0.1, 0.15) is 0 Å². The molecule has 0 spiro atoms. The molecule has 0 bridgehead atoms. The van der Waals surface area contributed by atoms with E-state index in [1.165, 1.54) is 0 Å². The predicted octanol–water partition coefficient (Wildman–Crippen LogP) is 2.49.